The van der Waals surface area contributed by atoms with E-state index < -0.39 is 5.60 Å². The predicted octanol–water partition coefficient (Wildman–Crippen LogP) is 3.15. The summed E-state index contributed by atoms with van der Waals surface area (Å²) in [5.74, 6) is 0.138. The van der Waals surface area contributed by atoms with Crippen molar-refractivity contribution in [2.75, 3.05) is 20.1 Å². The molecule has 0 saturated carbocycles. The van der Waals surface area contributed by atoms with E-state index in [9.17, 15) is 9.59 Å². The summed E-state index contributed by atoms with van der Waals surface area (Å²) < 4.78 is 5.40. The summed E-state index contributed by atoms with van der Waals surface area (Å²) in [5, 5.41) is 4.00. The Morgan fingerprint density at radius 2 is 2.00 bits per heavy atom. The van der Waals surface area contributed by atoms with Gasteiger partial charge in [-0.3, -0.25) is 4.79 Å². The van der Waals surface area contributed by atoms with Crippen LogP contribution < -0.4 is 0 Å². The molecule has 2 amide bonds. The summed E-state index contributed by atoms with van der Waals surface area (Å²) in [6, 6.07) is 2.18. The number of carbonyl (C=O) groups excluding carboxylic acids is 2. The van der Waals surface area contributed by atoms with Crippen molar-refractivity contribution in [3.8, 4) is 0 Å². The lowest BCUT2D eigenvalue weighted by Crippen LogP contribution is -2.48. The third-order valence-electron chi connectivity index (χ3n) is 3.99. The van der Waals surface area contributed by atoms with Crippen molar-refractivity contribution < 1.29 is 14.3 Å². The molecule has 2 rings (SSSR count). The molecule has 0 bridgehead atoms. The first-order valence-electron chi connectivity index (χ1n) is 8.01. The zero-order valence-corrected chi connectivity index (χ0v) is 15.2. The largest absolute Gasteiger partial charge is 0.444 e. The zero-order chi connectivity index (χ0) is 17.0. The van der Waals surface area contributed by atoms with Crippen LogP contribution in [-0.4, -0.2) is 53.6 Å². The number of carbonyl (C=O) groups is 2. The molecular formula is C17H26N2O3S. The number of likely N-dealkylation sites (N-methyl/N-ethyl adjacent to an activating group) is 1. The van der Waals surface area contributed by atoms with E-state index in [1.54, 1.807) is 16.2 Å². The van der Waals surface area contributed by atoms with Crippen LogP contribution in [0, 0.1) is 0 Å². The second kappa shape index (κ2) is 7.34. The molecule has 0 unspecified atom stereocenters. The van der Waals surface area contributed by atoms with Gasteiger partial charge in [0, 0.05) is 26.2 Å². The highest BCUT2D eigenvalue weighted by Gasteiger charge is 2.29. The predicted molar refractivity (Wildman–Crippen MR) is 91.6 cm³/mol. The Morgan fingerprint density at radius 3 is 2.52 bits per heavy atom. The van der Waals surface area contributed by atoms with Gasteiger partial charge in [0.1, 0.15) is 5.60 Å². The van der Waals surface area contributed by atoms with Gasteiger partial charge in [-0.2, -0.15) is 11.3 Å². The molecular weight excluding hydrogens is 312 g/mol. The van der Waals surface area contributed by atoms with Crippen LogP contribution in [0.4, 0.5) is 4.79 Å². The number of nitrogens with zero attached hydrogens (tertiary/aromatic N) is 2. The highest BCUT2D eigenvalue weighted by molar-refractivity contribution is 7.07. The Morgan fingerprint density at radius 1 is 1.35 bits per heavy atom. The molecule has 23 heavy (non-hydrogen) atoms. The van der Waals surface area contributed by atoms with Crippen LogP contribution in [0.15, 0.2) is 16.8 Å². The fourth-order valence-corrected chi connectivity index (χ4v) is 3.33. The monoisotopic (exact) mass is 338 g/mol. The number of thiophene rings is 1. The van der Waals surface area contributed by atoms with Crippen molar-refractivity contribution >= 4 is 23.3 Å². The summed E-state index contributed by atoms with van der Waals surface area (Å²) in [5.41, 5.74) is 0.597. The maximum absolute atomic E-state index is 12.3. The lowest BCUT2D eigenvalue weighted by atomic mass is 10.0. The molecule has 1 fully saturated rings. The Bertz CT molecular complexity index is 529. The van der Waals surface area contributed by atoms with Crippen LogP contribution >= 0.6 is 11.3 Å². The van der Waals surface area contributed by atoms with E-state index in [-0.39, 0.29) is 18.0 Å². The molecule has 0 radical (unpaired) electrons. The van der Waals surface area contributed by atoms with Crippen LogP contribution in [-0.2, 0) is 16.0 Å². The highest BCUT2D eigenvalue weighted by atomic mass is 32.1. The van der Waals surface area contributed by atoms with Crippen molar-refractivity contribution in [1.82, 2.24) is 9.80 Å². The SMILES string of the molecule is CN(C(=O)Cc1ccsc1)C1CCN(C(=O)OC(C)(C)C)CC1. The Hall–Kier alpha value is -1.56. The number of amides is 2. The van der Waals surface area contributed by atoms with E-state index in [1.165, 1.54) is 0 Å². The van der Waals surface area contributed by atoms with Gasteiger partial charge in [0.05, 0.1) is 6.42 Å². The van der Waals surface area contributed by atoms with Gasteiger partial charge >= 0.3 is 6.09 Å². The molecule has 0 spiro atoms. The van der Waals surface area contributed by atoms with Crippen molar-refractivity contribution in [2.45, 2.75) is 51.7 Å². The number of ether oxygens (including phenoxy) is 1. The third-order valence-corrected chi connectivity index (χ3v) is 4.72. The fourth-order valence-electron chi connectivity index (χ4n) is 2.66. The summed E-state index contributed by atoms with van der Waals surface area (Å²) in [4.78, 5) is 28.0. The maximum Gasteiger partial charge on any atom is 0.410 e. The van der Waals surface area contributed by atoms with Crippen LogP contribution in [0.25, 0.3) is 0 Å². The molecule has 1 aromatic rings. The molecule has 0 N–H and O–H groups in total. The molecule has 128 valence electrons. The van der Waals surface area contributed by atoms with Crippen molar-refractivity contribution in [1.29, 1.82) is 0 Å². The number of piperidine rings is 1. The van der Waals surface area contributed by atoms with Gasteiger partial charge in [0.2, 0.25) is 5.91 Å². The molecule has 0 aromatic carbocycles. The number of rotatable bonds is 3. The average molecular weight is 338 g/mol. The topological polar surface area (TPSA) is 49.9 Å². The van der Waals surface area contributed by atoms with Gasteiger partial charge in [0.25, 0.3) is 0 Å². The third kappa shape index (κ3) is 5.23. The molecule has 1 aliphatic heterocycles. The average Bonchev–Trinajstić information content (AvgIpc) is 2.97. The van der Waals surface area contributed by atoms with Crippen molar-refractivity contribution in [3.05, 3.63) is 22.4 Å². The molecule has 1 saturated heterocycles. The van der Waals surface area contributed by atoms with Crippen LogP contribution in [0.3, 0.4) is 0 Å². The van der Waals surface area contributed by atoms with Gasteiger partial charge < -0.3 is 14.5 Å². The molecule has 0 atom stereocenters. The highest BCUT2D eigenvalue weighted by Crippen LogP contribution is 2.19. The van der Waals surface area contributed by atoms with E-state index in [1.807, 2.05) is 49.5 Å². The van der Waals surface area contributed by atoms with Crippen molar-refractivity contribution in [2.24, 2.45) is 0 Å². The van der Waals surface area contributed by atoms with E-state index >= 15 is 0 Å². The summed E-state index contributed by atoms with van der Waals surface area (Å²) in [7, 11) is 1.86. The van der Waals surface area contributed by atoms with Crippen LogP contribution in [0.5, 0.6) is 0 Å². The van der Waals surface area contributed by atoms with Gasteiger partial charge in [-0.15, -0.1) is 0 Å². The second-order valence-electron chi connectivity index (χ2n) is 7.01. The van der Waals surface area contributed by atoms with Crippen molar-refractivity contribution in [3.63, 3.8) is 0 Å². The second-order valence-corrected chi connectivity index (χ2v) is 7.79. The Balaban J connectivity index is 1.81. The quantitative estimate of drug-likeness (QED) is 0.851. The first kappa shape index (κ1) is 17.8. The molecule has 0 aliphatic carbocycles. The summed E-state index contributed by atoms with van der Waals surface area (Å²) in [6.07, 6.45) is 1.78. The Labute approximate surface area is 142 Å². The minimum Gasteiger partial charge on any atom is -0.444 e. The molecule has 1 aromatic heterocycles. The van der Waals surface area contributed by atoms with Gasteiger partial charge in [-0.05, 0) is 56.0 Å². The number of hydrogen-bond donors (Lipinski definition) is 0. The van der Waals surface area contributed by atoms with Gasteiger partial charge in [0.15, 0.2) is 0 Å². The minimum atomic E-state index is -0.471. The smallest absolute Gasteiger partial charge is 0.410 e. The normalized spacial score (nSPS) is 16.3. The van der Waals surface area contributed by atoms with Gasteiger partial charge in [-0.25, -0.2) is 4.79 Å². The number of likely N-dealkylation sites (tertiary alicyclic amines) is 1. The molecule has 6 heteroatoms. The fraction of sp³-hybridized carbons (Fsp3) is 0.647. The van der Waals surface area contributed by atoms with E-state index in [0.717, 1.165) is 18.4 Å². The van der Waals surface area contributed by atoms with Crippen LogP contribution in [0.1, 0.15) is 39.2 Å². The Kier molecular flexibility index (Phi) is 5.68. The standard InChI is InChI=1S/C17H26N2O3S/c1-17(2,3)22-16(21)19-8-5-14(6-9-19)18(4)15(20)11-13-7-10-23-12-13/h7,10,12,14H,5-6,8-9,11H2,1-4H3. The van der Waals surface area contributed by atoms with E-state index in [0.29, 0.717) is 19.5 Å². The van der Waals surface area contributed by atoms with Gasteiger partial charge in [-0.1, -0.05) is 0 Å². The molecule has 2 heterocycles. The lowest BCUT2D eigenvalue weighted by Gasteiger charge is -2.37. The summed E-state index contributed by atoms with van der Waals surface area (Å²) in [6.45, 7) is 6.88. The number of hydrogen-bond acceptors (Lipinski definition) is 4. The first-order valence-corrected chi connectivity index (χ1v) is 8.95. The first-order chi connectivity index (χ1) is 10.8. The molecule has 5 nitrogen and oxygen atoms in total. The lowest BCUT2D eigenvalue weighted by molar-refractivity contribution is -0.132. The molecule has 1 aliphatic rings. The van der Waals surface area contributed by atoms with Crippen LogP contribution in [0.2, 0.25) is 0 Å². The minimum absolute atomic E-state index is 0.138. The summed E-state index contributed by atoms with van der Waals surface area (Å²) >= 11 is 1.61. The van der Waals surface area contributed by atoms with E-state index in [2.05, 4.69) is 0 Å². The maximum atomic E-state index is 12.3. The van der Waals surface area contributed by atoms with E-state index in [4.69, 9.17) is 4.74 Å². The zero-order valence-electron chi connectivity index (χ0n) is 14.4.